The van der Waals surface area contributed by atoms with E-state index in [9.17, 15) is 4.79 Å². The standard InChI is InChI=1S/C32H32N6O3/c1-40-27-9-5-8-24(18-27)35-32(39)23-10-14-25(15-11-23)38-20-34-28-29(33)36-30(37-31(28)38)22-12-16-26(17-13-22)41-19-21-6-3-2-4-7-21/h2-9,12-13,16-18,20,23,25H,10-11,14-15,19H2,1H3,(H,35,39)(H2,33,36,37). The van der Waals surface area contributed by atoms with E-state index in [1.165, 1.54) is 0 Å². The summed E-state index contributed by atoms with van der Waals surface area (Å²) in [7, 11) is 1.61. The lowest BCUT2D eigenvalue weighted by Gasteiger charge is -2.28. The minimum atomic E-state index is -0.0508. The molecule has 0 saturated heterocycles. The monoisotopic (exact) mass is 548 g/mol. The van der Waals surface area contributed by atoms with Crippen LogP contribution in [-0.2, 0) is 11.4 Å². The third kappa shape index (κ3) is 5.84. The number of carbonyl (C=O) groups is 1. The number of imidazole rings is 1. The van der Waals surface area contributed by atoms with Crippen molar-refractivity contribution >= 4 is 28.6 Å². The summed E-state index contributed by atoms with van der Waals surface area (Å²) in [6.07, 6.45) is 5.03. The Morgan fingerprint density at radius 2 is 1.73 bits per heavy atom. The molecule has 0 spiro atoms. The average Bonchev–Trinajstić information content (AvgIpc) is 3.46. The molecule has 1 aliphatic rings. The van der Waals surface area contributed by atoms with E-state index in [0.29, 0.717) is 35.2 Å². The van der Waals surface area contributed by atoms with Crippen molar-refractivity contribution in [3.05, 3.63) is 90.8 Å². The maximum absolute atomic E-state index is 12.9. The van der Waals surface area contributed by atoms with Crippen LogP contribution in [0.5, 0.6) is 11.5 Å². The molecular weight excluding hydrogens is 516 g/mol. The van der Waals surface area contributed by atoms with Crippen LogP contribution in [0.2, 0.25) is 0 Å². The van der Waals surface area contributed by atoms with Crippen LogP contribution in [0.1, 0.15) is 37.3 Å². The molecule has 9 nitrogen and oxygen atoms in total. The van der Waals surface area contributed by atoms with Crippen LogP contribution >= 0.6 is 0 Å². The molecule has 9 heteroatoms. The third-order valence-electron chi connectivity index (χ3n) is 7.61. The number of rotatable bonds is 8. The molecular formula is C32H32N6O3. The number of aromatic nitrogens is 4. The second-order valence-electron chi connectivity index (χ2n) is 10.3. The summed E-state index contributed by atoms with van der Waals surface area (Å²) in [5.74, 6) is 2.36. The Hall–Kier alpha value is -4.92. The number of carbonyl (C=O) groups excluding carboxylic acids is 1. The highest BCUT2D eigenvalue weighted by molar-refractivity contribution is 5.92. The molecule has 5 aromatic rings. The molecule has 41 heavy (non-hydrogen) atoms. The van der Waals surface area contributed by atoms with Gasteiger partial charge in [-0.25, -0.2) is 15.0 Å². The zero-order valence-corrected chi connectivity index (χ0v) is 22.9. The van der Waals surface area contributed by atoms with Crippen LogP contribution in [-0.4, -0.2) is 32.5 Å². The molecule has 0 radical (unpaired) electrons. The predicted octanol–water partition coefficient (Wildman–Crippen LogP) is 6.03. The van der Waals surface area contributed by atoms with Crippen molar-refractivity contribution in [2.24, 2.45) is 5.92 Å². The van der Waals surface area contributed by atoms with Crippen LogP contribution in [0.25, 0.3) is 22.6 Å². The van der Waals surface area contributed by atoms with Crippen molar-refractivity contribution in [1.29, 1.82) is 0 Å². The molecule has 2 aromatic heterocycles. The summed E-state index contributed by atoms with van der Waals surface area (Å²) in [6, 6.07) is 25.4. The van der Waals surface area contributed by atoms with E-state index in [4.69, 9.17) is 20.2 Å². The fourth-order valence-corrected chi connectivity index (χ4v) is 5.34. The number of hydrogen-bond acceptors (Lipinski definition) is 7. The molecule has 0 atom stereocenters. The molecule has 0 unspecified atom stereocenters. The third-order valence-corrected chi connectivity index (χ3v) is 7.61. The van der Waals surface area contributed by atoms with E-state index in [0.717, 1.165) is 48.2 Å². The quantitative estimate of drug-likeness (QED) is 0.243. The van der Waals surface area contributed by atoms with Crippen LogP contribution in [0.15, 0.2) is 85.2 Å². The minimum Gasteiger partial charge on any atom is -0.497 e. The maximum atomic E-state index is 12.9. The van der Waals surface area contributed by atoms with Crippen LogP contribution < -0.4 is 20.5 Å². The highest BCUT2D eigenvalue weighted by atomic mass is 16.5. The number of hydrogen-bond donors (Lipinski definition) is 2. The number of anilines is 2. The highest BCUT2D eigenvalue weighted by Crippen LogP contribution is 2.35. The number of fused-ring (bicyclic) bond motifs is 1. The molecule has 0 bridgehead atoms. The van der Waals surface area contributed by atoms with Crippen molar-refractivity contribution in [3.8, 4) is 22.9 Å². The number of ether oxygens (including phenoxy) is 2. The Morgan fingerprint density at radius 1 is 0.951 bits per heavy atom. The van der Waals surface area contributed by atoms with Gasteiger partial charge in [0.15, 0.2) is 17.3 Å². The van der Waals surface area contributed by atoms with Gasteiger partial charge in [-0.1, -0.05) is 36.4 Å². The molecule has 3 aromatic carbocycles. The topological polar surface area (TPSA) is 117 Å². The van der Waals surface area contributed by atoms with Gasteiger partial charge in [-0.3, -0.25) is 4.79 Å². The average molecular weight is 549 g/mol. The summed E-state index contributed by atoms with van der Waals surface area (Å²) in [4.78, 5) is 26.9. The SMILES string of the molecule is COc1cccc(NC(=O)C2CCC(n3cnc4c(N)nc(-c5ccc(OCc6ccccc6)cc5)nc43)CC2)c1. The number of nitrogen functional groups attached to an aromatic ring is 1. The van der Waals surface area contributed by atoms with Crippen LogP contribution in [0, 0.1) is 5.92 Å². The normalized spacial score (nSPS) is 16.8. The van der Waals surface area contributed by atoms with Gasteiger partial charge in [0, 0.05) is 29.3 Å². The molecule has 3 N–H and O–H groups in total. The fourth-order valence-electron chi connectivity index (χ4n) is 5.34. The minimum absolute atomic E-state index is 0.0391. The summed E-state index contributed by atoms with van der Waals surface area (Å²) in [6.45, 7) is 0.500. The Morgan fingerprint density at radius 3 is 2.49 bits per heavy atom. The van der Waals surface area contributed by atoms with E-state index >= 15 is 0 Å². The first-order chi connectivity index (χ1) is 20.1. The number of amides is 1. The number of nitrogens with two attached hydrogens (primary N) is 1. The molecule has 0 aliphatic heterocycles. The van der Waals surface area contributed by atoms with Gasteiger partial charge in [0.05, 0.1) is 13.4 Å². The van der Waals surface area contributed by atoms with Crippen molar-refractivity contribution < 1.29 is 14.3 Å². The summed E-state index contributed by atoms with van der Waals surface area (Å²) >= 11 is 0. The molecule has 1 fully saturated rings. The maximum Gasteiger partial charge on any atom is 0.227 e. The van der Waals surface area contributed by atoms with Gasteiger partial charge in [-0.05, 0) is 67.6 Å². The van der Waals surface area contributed by atoms with Gasteiger partial charge in [0.1, 0.15) is 23.6 Å². The predicted molar refractivity (Wildman–Crippen MR) is 159 cm³/mol. The van der Waals surface area contributed by atoms with E-state index in [2.05, 4.69) is 19.9 Å². The van der Waals surface area contributed by atoms with Crippen LogP contribution in [0.3, 0.4) is 0 Å². The van der Waals surface area contributed by atoms with Gasteiger partial charge < -0.3 is 25.1 Å². The number of benzene rings is 3. The lowest BCUT2D eigenvalue weighted by molar-refractivity contribution is -0.120. The van der Waals surface area contributed by atoms with Gasteiger partial charge in [-0.15, -0.1) is 0 Å². The van der Waals surface area contributed by atoms with Crippen LogP contribution in [0.4, 0.5) is 11.5 Å². The Labute approximate surface area is 238 Å². The van der Waals surface area contributed by atoms with Crippen molar-refractivity contribution in [3.63, 3.8) is 0 Å². The smallest absolute Gasteiger partial charge is 0.227 e. The van der Waals surface area contributed by atoms with E-state index in [1.54, 1.807) is 13.4 Å². The van der Waals surface area contributed by atoms with Crippen molar-refractivity contribution in [2.75, 3.05) is 18.2 Å². The molecule has 1 amide bonds. The Balaban J connectivity index is 1.13. The van der Waals surface area contributed by atoms with E-state index < -0.39 is 0 Å². The van der Waals surface area contributed by atoms with E-state index in [1.807, 2.05) is 78.9 Å². The summed E-state index contributed by atoms with van der Waals surface area (Å²) in [5, 5.41) is 3.03. The summed E-state index contributed by atoms with van der Waals surface area (Å²) in [5.41, 5.74) is 10.3. The first kappa shape index (κ1) is 26.3. The molecule has 1 saturated carbocycles. The molecule has 6 rings (SSSR count). The van der Waals surface area contributed by atoms with Gasteiger partial charge in [0.2, 0.25) is 5.91 Å². The second kappa shape index (κ2) is 11.7. The van der Waals surface area contributed by atoms with Crippen molar-refractivity contribution in [2.45, 2.75) is 38.3 Å². The van der Waals surface area contributed by atoms with E-state index in [-0.39, 0.29) is 17.9 Å². The van der Waals surface area contributed by atoms with Gasteiger partial charge >= 0.3 is 0 Å². The number of nitrogens with one attached hydrogen (secondary N) is 1. The Kier molecular flexibility index (Phi) is 7.49. The van der Waals surface area contributed by atoms with Gasteiger partial charge in [-0.2, -0.15) is 0 Å². The summed E-state index contributed by atoms with van der Waals surface area (Å²) < 4.78 is 13.3. The molecule has 208 valence electrons. The second-order valence-corrected chi connectivity index (χ2v) is 10.3. The zero-order chi connectivity index (χ0) is 28.2. The number of methoxy groups -OCH3 is 1. The lowest BCUT2D eigenvalue weighted by atomic mass is 9.85. The molecule has 2 heterocycles. The highest BCUT2D eigenvalue weighted by Gasteiger charge is 2.29. The van der Waals surface area contributed by atoms with Gasteiger partial charge in [0.25, 0.3) is 0 Å². The Bertz CT molecular complexity index is 1640. The fraction of sp³-hybridized carbons (Fsp3) is 0.250. The first-order valence-electron chi connectivity index (χ1n) is 13.8. The number of nitrogens with zero attached hydrogens (tertiary/aromatic N) is 4. The lowest BCUT2D eigenvalue weighted by Crippen LogP contribution is -2.28. The van der Waals surface area contributed by atoms with Crippen molar-refractivity contribution in [1.82, 2.24) is 19.5 Å². The zero-order valence-electron chi connectivity index (χ0n) is 22.9. The molecule has 1 aliphatic carbocycles. The largest absolute Gasteiger partial charge is 0.497 e. The first-order valence-corrected chi connectivity index (χ1v) is 13.8.